The van der Waals surface area contributed by atoms with Crippen molar-refractivity contribution in [3.8, 4) is 0 Å². The molecule has 0 saturated carbocycles. The predicted octanol–water partition coefficient (Wildman–Crippen LogP) is 5.00. The van der Waals surface area contributed by atoms with Gasteiger partial charge in [-0.3, -0.25) is 0 Å². The molecular weight excluding hydrogens is 384 g/mol. The van der Waals surface area contributed by atoms with Gasteiger partial charge in [-0.1, -0.05) is 56.3 Å². The molecule has 1 atom stereocenters. The highest BCUT2D eigenvalue weighted by Gasteiger charge is 2.31. The second-order valence-electron chi connectivity index (χ2n) is 8.63. The third-order valence-electron chi connectivity index (χ3n) is 6.33. The third-order valence-corrected chi connectivity index (χ3v) is 6.33. The molecule has 31 heavy (non-hydrogen) atoms. The fourth-order valence-electron chi connectivity index (χ4n) is 3.95. The van der Waals surface area contributed by atoms with E-state index < -0.39 is 0 Å². The van der Waals surface area contributed by atoms with E-state index in [2.05, 4.69) is 85.4 Å². The topological polar surface area (TPSA) is 32.8 Å². The molecule has 4 heteroatoms. The van der Waals surface area contributed by atoms with E-state index in [1.807, 2.05) is 6.92 Å². The molecule has 0 spiro atoms. The first kappa shape index (κ1) is 25.1. The Morgan fingerprint density at radius 1 is 0.935 bits per heavy atom. The molecule has 2 aromatic carbocycles. The van der Waals surface area contributed by atoms with E-state index in [1.165, 1.54) is 16.8 Å². The second-order valence-corrected chi connectivity index (χ2v) is 8.63. The lowest BCUT2D eigenvalue weighted by Gasteiger charge is -2.40. The van der Waals surface area contributed by atoms with E-state index in [0.717, 1.165) is 45.6 Å². The van der Waals surface area contributed by atoms with Crippen molar-refractivity contribution in [2.24, 2.45) is 0 Å². The van der Waals surface area contributed by atoms with Gasteiger partial charge >= 0.3 is 0 Å². The van der Waals surface area contributed by atoms with Crippen molar-refractivity contribution in [3.63, 3.8) is 0 Å². The van der Waals surface area contributed by atoms with Crippen molar-refractivity contribution >= 4 is 11.5 Å². The van der Waals surface area contributed by atoms with E-state index in [-0.39, 0.29) is 11.3 Å². The molecule has 0 radical (unpaired) electrons. The standard InChI is InChI=1S/C23H32N2O.C4H8O/c1-4-23(24(2)3,18-20-8-6-5-7-9-20)19-21-10-12-22(13-11-21)25-14-16-26-17-15-25;1-3-4(2)5/h5-13H,4,14-19H2,1-3H3;3H2,1-2H3. The van der Waals surface area contributed by atoms with Crippen LogP contribution in [0.15, 0.2) is 54.6 Å². The predicted molar refractivity (Wildman–Crippen MR) is 131 cm³/mol. The minimum atomic E-state index is 0.141. The van der Waals surface area contributed by atoms with Gasteiger partial charge in [-0.25, -0.2) is 0 Å². The summed E-state index contributed by atoms with van der Waals surface area (Å²) in [7, 11) is 4.43. The van der Waals surface area contributed by atoms with Crippen LogP contribution < -0.4 is 4.90 Å². The summed E-state index contributed by atoms with van der Waals surface area (Å²) in [4.78, 5) is 14.6. The van der Waals surface area contributed by atoms with Crippen molar-refractivity contribution in [1.29, 1.82) is 0 Å². The van der Waals surface area contributed by atoms with E-state index in [0.29, 0.717) is 6.42 Å². The lowest BCUT2D eigenvalue weighted by molar-refractivity contribution is -0.116. The summed E-state index contributed by atoms with van der Waals surface area (Å²) in [5.41, 5.74) is 4.27. The summed E-state index contributed by atoms with van der Waals surface area (Å²) in [6.45, 7) is 9.39. The van der Waals surface area contributed by atoms with Gasteiger partial charge in [0.2, 0.25) is 0 Å². The monoisotopic (exact) mass is 424 g/mol. The molecule has 3 rings (SSSR count). The van der Waals surface area contributed by atoms with Crippen LogP contribution in [0, 0.1) is 0 Å². The van der Waals surface area contributed by atoms with Crippen molar-refractivity contribution in [2.45, 2.75) is 52.0 Å². The van der Waals surface area contributed by atoms with Gasteiger partial charge in [-0.05, 0) is 63.5 Å². The van der Waals surface area contributed by atoms with Crippen LogP contribution >= 0.6 is 0 Å². The number of anilines is 1. The number of morpholine rings is 1. The Bertz CT molecular complexity index is 768. The van der Waals surface area contributed by atoms with Gasteiger partial charge < -0.3 is 19.3 Å². The smallest absolute Gasteiger partial charge is 0.129 e. The number of benzene rings is 2. The molecular formula is C27H40N2O2. The number of ether oxygens (including phenoxy) is 1. The number of nitrogens with zero attached hydrogens (tertiary/aromatic N) is 2. The van der Waals surface area contributed by atoms with E-state index >= 15 is 0 Å². The maximum absolute atomic E-state index is 9.81. The SMILES string of the molecule is CCC(C)=O.CCC(Cc1ccccc1)(Cc1ccc(N2CCOCC2)cc1)N(C)C. The summed E-state index contributed by atoms with van der Waals surface area (Å²) in [6.07, 6.45) is 3.93. The highest BCUT2D eigenvalue weighted by atomic mass is 16.5. The first-order chi connectivity index (χ1) is 14.9. The molecule has 2 aromatic rings. The van der Waals surface area contributed by atoms with Crippen LogP contribution in [-0.4, -0.2) is 56.6 Å². The molecule has 4 nitrogen and oxygen atoms in total. The number of hydrogen-bond acceptors (Lipinski definition) is 4. The van der Waals surface area contributed by atoms with Gasteiger partial charge in [0.25, 0.3) is 0 Å². The normalized spacial score (nSPS) is 15.7. The molecule has 1 heterocycles. The van der Waals surface area contributed by atoms with Crippen molar-refractivity contribution in [1.82, 2.24) is 4.90 Å². The number of ketones is 1. The molecule has 1 aliphatic heterocycles. The zero-order chi connectivity index (χ0) is 22.7. The van der Waals surface area contributed by atoms with Gasteiger partial charge in [0, 0.05) is 30.7 Å². The van der Waals surface area contributed by atoms with Crippen LogP contribution in [0.1, 0.15) is 44.7 Å². The lowest BCUT2D eigenvalue weighted by atomic mass is 9.81. The summed E-state index contributed by atoms with van der Waals surface area (Å²) in [5, 5.41) is 0. The highest BCUT2D eigenvalue weighted by Crippen LogP contribution is 2.28. The average Bonchev–Trinajstić information content (AvgIpc) is 2.80. The summed E-state index contributed by atoms with van der Waals surface area (Å²) < 4.78 is 5.46. The molecule has 1 saturated heterocycles. The Labute approximate surface area is 189 Å². The Hall–Kier alpha value is -2.17. The minimum Gasteiger partial charge on any atom is -0.378 e. The largest absolute Gasteiger partial charge is 0.378 e. The number of rotatable bonds is 8. The minimum absolute atomic E-state index is 0.141. The lowest BCUT2D eigenvalue weighted by Crippen LogP contribution is -2.47. The molecule has 0 amide bonds. The number of hydrogen-bond donors (Lipinski definition) is 0. The fraction of sp³-hybridized carbons (Fsp3) is 0.519. The molecule has 170 valence electrons. The first-order valence-electron chi connectivity index (χ1n) is 11.5. The summed E-state index contributed by atoms with van der Waals surface area (Å²) in [5.74, 6) is 0.255. The zero-order valence-corrected chi connectivity index (χ0v) is 20.1. The van der Waals surface area contributed by atoms with Crippen LogP contribution in [0.2, 0.25) is 0 Å². The zero-order valence-electron chi connectivity index (χ0n) is 20.1. The quantitative estimate of drug-likeness (QED) is 0.597. The van der Waals surface area contributed by atoms with Crippen LogP contribution in [-0.2, 0) is 22.4 Å². The molecule has 1 aliphatic rings. The highest BCUT2D eigenvalue weighted by molar-refractivity contribution is 5.74. The van der Waals surface area contributed by atoms with E-state index in [4.69, 9.17) is 4.74 Å². The first-order valence-corrected chi connectivity index (χ1v) is 11.5. The maximum Gasteiger partial charge on any atom is 0.129 e. The average molecular weight is 425 g/mol. The number of carbonyl (C=O) groups excluding carboxylic acids is 1. The van der Waals surface area contributed by atoms with Gasteiger partial charge in [-0.2, -0.15) is 0 Å². The Morgan fingerprint density at radius 3 is 1.90 bits per heavy atom. The molecule has 0 aromatic heterocycles. The van der Waals surface area contributed by atoms with Gasteiger partial charge in [0.1, 0.15) is 5.78 Å². The van der Waals surface area contributed by atoms with Gasteiger partial charge in [0.05, 0.1) is 13.2 Å². The number of likely N-dealkylation sites (N-methyl/N-ethyl adjacent to an activating group) is 1. The second kappa shape index (κ2) is 12.6. The summed E-state index contributed by atoms with van der Waals surface area (Å²) >= 11 is 0. The van der Waals surface area contributed by atoms with Crippen molar-refractivity contribution < 1.29 is 9.53 Å². The van der Waals surface area contributed by atoms with Crippen LogP contribution in [0.3, 0.4) is 0 Å². The van der Waals surface area contributed by atoms with Gasteiger partial charge in [-0.15, -0.1) is 0 Å². The maximum atomic E-state index is 9.81. The Kier molecular flexibility index (Phi) is 10.2. The summed E-state index contributed by atoms with van der Waals surface area (Å²) in [6, 6.07) is 20.0. The van der Waals surface area contributed by atoms with Crippen molar-refractivity contribution in [3.05, 3.63) is 65.7 Å². The number of carbonyl (C=O) groups is 1. The molecule has 0 bridgehead atoms. The van der Waals surface area contributed by atoms with Crippen LogP contribution in [0.25, 0.3) is 0 Å². The number of Topliss-reactive ketones (excluding diaryl/α,β-unsaturated/α-hetero) is 1. The van der Waals surface area contributed by atoms with Crippen LogP contribution in [0.5, 0.6) is 0 Å². The molecule has 0 aliphatic carbocycles. The Balaban J connectivity index is 0.000000614. The van der Waals surface area contributed by atoms with Crippen LogP contribution in [0.4, 0.5) is 5.69 Å². The third kappa shape index (κ3) is 7.79. The van der Waals surface area contributed by atoms with Crippen molar-refractivity contribution in [2.75, 3.05) is 45.3 Å². The Morgan fingerprint density at radius 2 is 1.45 bits per heavy atom. The van der Waals surface area contributed by atoms with Gasteiger partial charge in [0.15, 0.2) is 0 Å². The van der Waals surface area contributed by atoms with E-state index in [9.17, 15) is 4.79 Å². The molecule has 1 unspecified atom stereocenters. The fourth-order valence-corrected chi connectivity index (χ4v) is 3.95. The molecule has 0 N–H and O–H groups in total. The molecule has 1 fully saturated rings. The van der Waals surface area contributed by atoms with E-state index in [1.54, 1.807) is 6.92 Å².